The van der Waals surface area contributed by atoms with Gasteiger partial charge in [-0.1, -0.05) is 19.1 Å². The van der Waals surface area contributed by atoms with E-state index >= 15 is 0 Å². The summed E-state index contributed by atoms with van der Waals surface area (Å²) in [5.74, 6) is -1.68. The predicted octanol–water partition coefficient (Wildman–Crippen LogP) is 3.73. The summed E-state index contributed by atoms with van der Waals surface area (Å²) in [6.07, 6.45) is 1.11. The number of aliphatic hydroxyl groups is 2. The Hall–Kier alpha value is -3.19. The van der Waals surface area contributed by atoms with Gasteiger partial charge in [-0.2, -0.15) is 0 Å². The lowest BCUT2D eigenvalue weighted by Crippen LogP contribution is -2.30. The van der Waals surface area contributed by atoms with E-state index in [0.717, 1.165) is 0 Å². The molecule has 1 aliphatic heterocycles. The van der Waals surface area contributed by atoms with Crippen LogP contribution in [0.15, 0.2) is 48.0 Å². The summed E-state index contributed by atoms with van der Waals surface area (Å²) in [7, 11) is 0. The molecular formula is C24H26FNO5. The van der Waals surface area contributed by atoms with E-state index in [9.17, 15) is 19.1 Å². The Labute approximate surface area is 180 Å². The summed E-state index contributed by atoms with van der Waals surface area (Å²) < 4.78 is 19.3. The highest BCUT2D eigenvalue weighted by Gasteiger charge is 2.45. The van der Waals surface area contributed by atoms with Crippen molar-refractivity contribution in [2.45, 2.75) is 32.7 Å². The highest BCUT2D eigenvalue weighted by Crippen LogP contribution is 2.40. The van der Waals surface area contributed by atoms with Gasteiger partial charge in [-0.15, -0.1) is 0 Å². The Balaban J connectivity index is 2.10. The summed E-state index contributed by atoms with van der Waals surface area (Å²) in [5, 5.41) is 19.9. The van der Waals surface area contributed by atoms with E-state index in [1.54, 1.807) is 31.2 Å². The fourth-order valence-corrected chi connectivity index (χ4v) is 3.67. The van der Waals surface area contributed by atoms with Crippen molar-refractivity contribution in [3.63, 3.8) is 0 Å². The number of nitrogens with zero attached hydrogens (tertiary/aromatic N) is 1. The van der Waals surface area contributed by atoms with Gasteiger partial charge in [0.05, 0.1) is 18.2 Å². The topological polar surface area (TPSA) is 87.1 Å². The Morgan fingerprint density at radius 1 is 1.19 bits per heavy atom. The van der Waals surface area contributed by atoms with Gasteiger partial charge in [-0.05, 0) is 54.8 Å². The smallest absolute Gasteiger partial charge is 0.295 e. The molecule has 1 amide bonds. The number of carbonyl (C=O) groups excluding carboxylic acids is 2. The monoisotopic (exact) mass is 427 g/mol. The number of ether oxygens (including phenoxy) is 1. The molecule has 2 aromatic carbocycles. The van der Waals surface area contributed by atoms with Gasteiger partial charge >= 0.3 is 0 Å². The number of hydrogen-bond acceptors (Lipinski definition) is 5. The number of halogens is 1. The third-order valence-corrected chi connectivity index (χ3v) is 5.18. The standard InChI is InChI=1S/C24H26FNO5/c1-3-10-26-21(16-6-4-7-18(14-16)31-12-5-11-27)20(23(29)24(26)30)22(28)17-8-9-19(25)15(2)13-17/h4,6-9,13-14,21,27-28H,3,5,10-12H2,1-2H3/b22-20-. The maximum absolute atomic E-state index is 13.7. The summed E-state index contributed by atoms with van der Waals surface area (Å²) in [4.78, 5) is 27.1. The molecule has 2 N–H and O–H groups in total. The molecule has 1 saturated heterocycles. The Morgan fingerprint density at radius 2 is 1.97 bits per heavy atom. The van der Waals surface area contributed by atoms with Gasteiger partial charge in [0.2, 0.25) is 0 Å². The molecule has 1 unspecified atom stereocenters. The molecule has 1 fully saturated rings. The van der Waals surface area contributed by atoms with Gasteiger partial charge in [0.15, 0.2) is 0 Å². The second-order valence-corrected chi connectivity index (χ2v) is 7.45. The number of hydrogen-bond donors (Lipinski definition) is 2. The summed E-state index contributed by atoms with van der Waals surface area (Å²) in [6.45, 7) is 4.13. The van der Waals surface area contributed by atoms with Crippen molar-refractivity contribution in [1.82, 2.24) is 4.90 Å². The number of aryl methyl sites for hydroxylation is 1. The second-order valence-electron chi connectivity index (χ2n) is 7.45. The number of rotatable bonds is 8. The van der Waals surface area contributed by atoms with Crippen molar-refractivity contribution in [3.8, 4) is 5.75 Å². The number of carbonyl (C=O) groups is 2. The maximum atomic E-state index is 13.7. The molecule has 7 heteroatoms. The number of Topliss-reactive ketones (excluding diaryl/α,β-unsaturated/α-hetero) is 1. The number of benzene rings is 2. The molecule has 0 saturated carbocycles. The molecule has 6 nitrogen and oxygen atoms in total. The molecule has 0 aromatic heterocycles. The lowest BCUT2D eigenvalue weighted by Gasteiger charge is -2.25. The molecule has 164 valence electrons. The average molecular weight is 427 g/mol. The zero-order valence-corrected chi connectivity index (χ0v) is 17.6. The fraction of sp³-hybridized carbons (Fsp3) is 0.333. The van der Waals surface area contributed by atoms with Crippen LogP contribution in [0.1, 0.15) is 42.5 Å². The Kier molecular flexibility index (Phi) is 7.07. The van der Waals surface area contributed by atoms with Crippen LogP contribution in [0.3, 0.4) is 0 Å². The zero-order valence-electron chi connectivity index (χ0n) is 17.6. The van der Waals surface area contributed by atoms with Crippen LogP contribution in [0.5, 0.6) is 5.75 Å². The SMILES string of the molecule is CCCN1C(=O)C(=O)/C(=C(\O)c2ccc(F)c(C)c2)C1c1cccc(OCCCO)c1. The molecule has 31 heavy (non-hydrogen) atoms. The highest BCUT2D eigenvalue weighted by atomic mass is 19.1. The van der Waals surface area contributed by atoms with Crippen molar-refractivity contribution in [2.75, 3.05) is 19.8 Å². The van der Waals surface area contributed by atoms with Crippen LogP contribution in [0.2, 0.25) is 0 Å². The van der Waals surface area contributed by atoms with Crippen LogP contribution in [0.4, 0.5) is 4.39 Å². The van der Waals surface area contributed by atoms with Crippen LogP contribution in [-0.2, 0) is 9.59 Å². The van der Waals surface area contributed by atoms with Gasteiger partial charge in [0.25, 0.3) is 11.7 Å². The third-order valence-electron chi connectivity index (χ3n) is 5.18. The molecule has 3 rings (SSSR count). The molecule has 1 atom stereocenters. The van der Waals surface area contributed by atoms with Gasteiger partial charge in [0, 0.05) is 25.1 Å². The van der Waals surface area contributed by atoms with E-state index in [1.165, 1.54) is 23.1 Å². The highest BCUT2D eigenvalue weighted by molar-refractivity contribution is 6.46. The normalized spacial score (nSPS) is 17.9. The lowest BCUT2D eigenvalue weighted by molar-refractivity contribution is -0.139. The van der Waals surface area contributed by atoms with Crippen molar-refractivity contribution >= 4 is 17.4 Å². The van der Waals surface area contributed by atoms with Crippen molar-refractivity contribution in [1.29, 1.82) is 0 Å². The first-order valence-corrected chi connectivity index (χ1v) is 10.3. The first kappa shape index (κ1) is 22.5. The van der Waals surface area contributed by atoms with Gasteiger partial charge < -0.3 is 19.8 Å². The number of amides is 1. The van der Waals surface area contributed by atoms with E-state index < -0.39 is 23.5 Å². The average Bonchev–Trinajstić information content (AvgIpc) is 3.01. The van der Waals surface area contributed by atoms with E-state index in [0.29, 0.717) is 42.9 Å². The minimum atomic E-state index is -0.785. The molecule has 2 aromatic rings. The Morgan fingerprint density at radius 3 is 2.65 bits per heavy atom. The van der Waals surface area contributed by atoms with Crippen LogP contribution >= 0.6 is 0 Å². The minimum Gasteiger partial charge on any atom is -0.507 e. The largest absolute Gasteiger partial charge is 0.507 e. The second kappa shape index (κ2) is 9.75. The number of likely N-dealkylation sites (tertiary alicyclic amines) is 1. The van der Waals surface area contributed by atoms with Crippen LogP contribution in [0, 0.1) is 12.7 Å². The molecule has 0 bridgehead atoms. The summed E-state index contributed by atoms with van der Waals surface area (Å²) in [5.41, 5.74) is 1.18. The van der Waals surface area contributed by atoms with Crippen LogP contribution < -0.4 is 4.74 Å². The first-order valence-electron chi connectivity index (χ1n) is 10.3. The van der Waals surface area contributed by atoms with Gasteiger partial charge in [0.1, 0.15) is 17.3 Å². The summed E-state index contributed by atoms with van der Waals surface area (Å²) >= 11 is 0. The Bertz CT molecular complexity index is 1020. The molecule has 0 aliphatic carbocycles. The molecule has 1 aliphatic rings. The van der Waals surface area contributed by atoms with Crippen molar-refractivity contribution in [2.24, 2.45) is 0 Å². The predicted molar refractivity (Wildman–Crippen MR) is 114 cm³/mol. The molecule has 0 spiro atoms. The van der Waals surface area contributed by atoms with E-state index in [-0.39, 0.29) is 23.5 Å². The fourth-order valence-electron chi connectivity index (χ4n) is 3.67. The molecule has 1 heterocycles. The van der Waals surface area contributed by atoms with Gasteiger partial charge in [-0.25, -0.2) is 4.39 Å². The van der Waals surface area contributed by atoms with Crippen molar-refractivity contribution in [3.05, 3.63) is 70.5 Å². The quantitative estimate of drug-likeness (QED) is 0.290. The third kappa shape index (κ3) is 4.61. The molecular weight excluding hydrogens is 401 g/mol. The van der Waals surface area contributed by atoms with Gasteiger partial charge in [-0.3, -0.25) is 9.59 Å². The first-order chi connectivity index (χ1) is 14.9. The zero-order chi connectivity index (χ0) is 22.5. The molecule has 0 radical (unpaired) electrons. The number of aliphatic hydroxyl groups excluding tert-OH is 2. The summed E-state index contributed by atoms with van der Waals surface area (Å²) in [6, 6.07) is 10.2. The minimum absolute atomic E-state index is 0.00738. The van der Waals surface area contributed by atoms with Crippen LogP contribution in [-0.4, -0.2) is 46.6 Å². The van der Waals surface area contributed by atoms with Crippen LogP contribution in [0.25, 0.3) is 5.76 Å². The maximum Gasteiger partial charge on any atom is 0.295 e. The van der Waals surface area contributed by atoms with E-state index in [1.807, 2.05) is 6.92 Å². The van der Waals surface area contributed by atoms with E-state index in [2.05, 4.69) is 0 Å². The van der Waals surface area contributed by atoms with E-state index in [4.69, 9.17) is 9.84 Å². The van der Waals surface area contributed by atoms with Crippen molar-refractivity contribution < 1.29 is 28.9 Å². The lowest BCUT2D eigenvalue weighted by atomic mass is 9.94. The number of ketones is 1.